The minimum absolute atomic E-state index is 0.463. The lowest BCUT2D eigenvalue weighted by Gasteiger charge is -2.10. The minimum Gasteiger partial charge on any atom is -0.385 e. The molecule has 2 aromatic heterocycles. The lowest BCUT2D eigenvalue weighted by molar-refractivity contribution is 0.165. The average molecular weight is 218 g/mol. The van der Waals surface area contributed by atoms with E-state index in [1.54, 1.807) is 29.2 Å². The molecule has 0 amide bonds. The van der Waals surface area contributed by atoms with Crippen molar-refractivity contribution < 1.29 is 5.11 Å². The molecule has 84 valence electrons. The first-order chi connectivity index (χ1) is 7.66. The van der Waals surface area contributed by atoms with Crippen molar-refractivity contribution >= 4 is 5.82 Å². The minimum atomic E-state index is -0.623. The summed E-state index contributed by atoms with van der Waals surface area (Å²) < 4.78 is 1.80. The molecular formula is C11H14N4O. The van der Waals surface area contributed by atoms with Crippen LogP contribution in [0.5, 0.6) is 0 Å². The quantitative estimate of drug-likeness (QED) is 0.794. The zero-order valence-electron chi connectivity index (χ0n) is 9.04. The van der Waals surface area contributed by atoms with E-state index >= 15 is 0 Å². The van der Waals surface area contributed by atoms with Crippen LogP contribution in [0.4, 0.5) is 5.82 Å². The van der Waals surface area contributed by atoms with E-state index in [9.17, 15) is 5.11 Å². The predicted octanol–water partition coefficient (Wildman–Crippen LogP) is 0.673. The smallest absolute Gasteiger partial charge is 0.137 e. The van der Waals surface area contributed by atoms with Gasteiger partial charge in [-0.15, -0.1) is 0 Å². The number of imidazole rings is 1. The Morgan fingerprint density at radius 3 is 2.88 bits per heavy atom. The maximum absolute atomic E-state index is 9.99. The molecule has 0 saturated heterocycles. The molecule has 2 aromatic rings. The molecule has 0 aliphatic carbocycles. The number of rotatable bonds is 3. The van der Waals surface area contributed by atoms with Crippen LogP contribution in [-0.4, -0.2) is 19.6 Å². The maximum Gasteiger partial charge on any atom is 0.137 e. The SMILES string of the molecule is Cn1ccnc1C(O)Cc1ccnc(N)c1. The molecule has 0 fully saturated rings. The number of nitrogen functional groups attached to an aromatic ring is 1. The summed E-state index contributed by atoms with van der Waals surface area (Å²) in [7, 11) is 1.85. The number of pyridine rings is 1. The number of hydrogen-bond acceptors (Lipinski definition) is 4. The van der Waals surface area contributed by atoms with Crippen molar-refractivity contribution in [3.8, 4) is 0 Å². The normalized spacial score (nSPS) is 12.6. The Bertz CT molecular complexity index is 480. The Kier molecular flexibility index (Phi) is 2.87. The number of hydrogen-bond donors (Lipinski definition) is 2. The number of nitrogens with two attached hydrogens (primary N) is 1. The molecule has 2 rings (SSSR count). The highest BCUT2D eigenvalue weighted by atomic mass is 16.3. The van der Waals surface area contributed by atoms with Gasteiger partial charge in [-0.2, -0.15) is 0 Å². The van der Waals surface area contributed by atoms with Crippen LogP contribution in [0.1, 0.15) is 17.5 Å². The first-order valence-electron chi connectivity index (χ1n) is 5.02. The molecule has 0 aliphatic rings. The lowest BCUT2D eigenvalue weighted by atomic mass is 10.1. The summed E-state index contributed by atoms with van der Waals surface area (Å²) in [6.45, 7) is 0. The van der Waals surface area contributed by atoms with Crippen LogP contribution in [0.15, 0.2) is 30.7 Å². The van der Waals surface area contributed by atoms with Gasteiger partial charge < -0.3 is 15.4 Å². The molecule has 3 N–H and O–H groups in total. The third-order valence-corrected chi connectivity index (χ3v) is 2.43. The third-order valence-electron chi connectivity index (χ3n) is 2.43. The topological polar surface area (TPSA) is 77.0 Å². The largest absolute Gasteiger partial charge is 0.385 e. The molecule has 0 bridgehead atoms. The van der Waals surface area contributed by atoms with Gasteiger partial charge in [-0.3, -0.25) is 0 Å². The van der Waals surface area contributed by atoms with E-state index in [2.05, 4.69) is 9.97 Å². The summed E-state index contributed by atoms with van der Waals surface area (Å²) in [6, 6.07) is 3.59. The molecule has 0 spiro atoms. The summed E-state index contributed by atoms with van der Waals surface area (Å²) in [5, 5.41) is 9.99. The van der Waals surface area contributed by atoms with Crippen molar-refractivity contribution in [1.29, 1.82) is 0 Å². The molecule has 0 radical (unpaired) electrons. The van der Waals surface area contributed by atoms with Gasteiger partial charge >= 0.3 is 0 Å². The van der Waals surface area contributed by atoms with E-state index < -0.39 is 6.10 Å². The first-order valence-corrected chi connectivity index (χ1v) is 5.02. The second kappa shape index (κ2) is 4.32. The monoisotopic (exact) mass is 218 g/mol. The highest BCUT2D eigenvalue weighted by Gasteiger charge is 2.12. The van der Waals surface area contributed by atoms with E-state index in [0.29, 0.717) is 18.1 Å². The van der Waals surface area contributed by atoms with Crippen LogP contribution in [-0.2, 0) is 13.5 Å². The van der Waals surface area contributed by atoms with Crippen molar-refractivity contribution in [2.24, 2.45) is 7.05 Å². The highest BCUT2D eigenvalue weighted by molar-refractivity contribution is 5.32. The molecule has 1 unspecified atom stereocenters. The van der Waals surface area contributed by atoms with Gasteiger partial charge in [-0.05, 0) is 17.7 Å². The van der Waals surface area contributed by atoms with Crippen LogP contribution in [0, 0.1) is 0 Å². The predicted molar refractivity (Wildman–Crippen MR) is 60.5 cm³/mol. The molecule has 5 heteroatoms. The van der Waals surface area contributed by atoms with E-state index in [1.165, 1.54) is 0 Å². The Morgan fingerprint density at radius 2 is 2.25 bits per heavy atom. The van der Waals surface area contributed by atoms with Crippen molar-refractivity contribution in [2.45, 2.75) is 12.5 Å². The summed E-state index contributed by atoms with van der Waals surface area (Å²) in [6.07, 6.45) is 4.97. The number of aryl methyl sites for hydroxylation is 1. The van der Waals surface area contributed by atoms with Gasteiger partial charge in [-0.25, -0.2) is 9.97 Å². The number of aromatic nitrogens is 3. The van der Waals surface area contributed by atoms with E-state index in [-0.39, 0.29) is 0 Å². The molecule has 16 heavy (non-hydrogen) atoms. The standard InChI is InChI=1S/C11H14N4O/c1-15-5-4-14-11(15)9(16)6-8-2-3-13-10(12)7-8/h2-5,7,9,16H,6H2,1H3,(H2,12,13). The second-order valence-corrected chi connectivity index (χ2v) is 3.71. The number of anilines is 1. The summed E-state index contributed by atoms with van der Waals surface area (Å²) in [5.41, 5.74) is 6.52. The molecule has 5 nitrogen and oxygen atoms in total. The fraction of sp³-hybridized carbons (Fsp3) is 0.273. The van der Waals surface area contributed by atoms with Crippen molar-refractivity contribution in [3.63, 3.8) is 0 Å². The molecular weight excluding hydrogens is 204 g/mol. The molecule has 0 aliphatic heterocycles. The second-order valence-electron chi connectivity index (χ2n) is 3.71. The Hall–Kier alpha value is -1.88. The van der Waals surface area contributed by atoms with Gasteiger partial charge in [0.05, 0.1) is 0 Å². The zero-order valence-corrected chi connectivity index (χ0v) is 9.04. The maximum atomic E-state index is 9.99. The van der Waals surface area contributed by atoms with Gasteiger partial charge in [0.15, 0.2) is 0 Å². The summed E-state index contributed by atoms with van der Waals surface area (Å²) >= 11 is 0. The van der Waals surface area contributed by atoms with Crippen LogP contribution in [0.2, 0.25) is 0 Å². The molecule has 2 heterocycles. The highest BCUT2D eigenvalue weighted by Crippen LogP contribution is 2.16. The van der Waals surface area contributed by atoms with E-state index in [4.69, 9.17) is 5.73 Å². The first kappa shape index (κ1) is 10.6. The fourth-order valence-corrected chi connectivity index (χ4v) is 1.63. The molecule has 0 aromatic carbocycles. The molecule has 1 atom stereocenters. The van der Waals surface area contributed by atoms with Gasteiger partial charge in [0.1, 0.15) is 17.7 Å². The average Bonchev–Trinajstić information content (AvgIpc) is 2.64. The van der Waals surface area contributed by atoms with E-state index in [0.717, 1.165) is 5.56 Å². The Labute approximate surface area is 93.6 Å². The van der Waals surface area contributed by atoms with E-state index in [1.807, 2.05) is 13.1 Å². The van der Waals surface area contributed by atoms with Gasteiger partial charge in [-0.1, -0.05) is 0 Å². The Morgan fingerprint density at radius 1 is 1.44 bits per heavy atom. The van der Waals surface area contributed by atoms with Gasteiger partial charge in [0.2, 0.25) is 0 Å². The summed E-state index contributed by atoms with van der Waals surface area (Å²) in [4.78, 5) is 8.00. The third kappa shape index (κ3) is 2.20. The van der Waals surface area contributed by atoms with Crippen LogP contribution >= 0.6 is 0 Å². The van der Waals surface area contributed by atoms with Crippen molar-refractivity contribution in [2.75, 3.05) is 5.73 Å². The summed E-state index contributed by atoms with van der Waals surface area (Å²) in [5.74, 6) is 1.11. The van der Waals surface area contributed by atoms with Crippen LogP contribution < -0.4 is 5.73 Å². The zero-order chi connectivity index (χ0) is 11.5. The Balaban J connectivity index is 2.14. The molecule has 0 saturated carbocycles. The number of aliphatic hydroxyl groups is 1. The van der Waals surface area contributed by atoms with Gasteiger partial charge in [0, 0.05) is 32.1 Å². The number of nitrogens with zero attached hydrogens (tertiary/aromatic N) is 3. The fourth-order valence-electron chi connectivity index (χ4n) is 1.63. The van der Waals surface area contributed by atoms with Crippen LogP contribution in [0.3, 0.4) is 0 Å². The van der Waals surface area contributed by atoms with Crippen LogP contribution in [0.25, 0.3) is 0 Å². The van der Waals surface area contributed by atoms with Crippen molar-refractivity contribution in [3.05, 3.63) is 42.1 Å². The number of aliphatic hydroxyl groups excluding tert-OH is 1. The lowest BCUT2D eigenvalue weighted by Crippen LogP contribution is -2.08. The van der Waals surface area contributed by atoms with Gasteiger partial charge in [0.25, 0.3) is 0 Å². The van der Waals surface area contributed by atoms with Crippen molar-refractivity contribution in [1.82, 2.24) is 14.5 Å².